The Balaban J connectivity index is 1.43. The van der Waals surface area contributed by atoms with Gasteiger partial charge in [0.1, 0.15) is 11.4 Å². The summed E-state index contributed by atoms with van der Waals surface area (Å²) in [6.07, 6.45) is 0.499. The fourth-order valence-electron chi connectivity index (χ4n) is 3.45. The van der Waals surface area contributed by atoms with Crippen molar-refractivity contribution in [1.29, 1.82) is 0 Å². The summed E-state index contributed by atoms with van der Waals surface area (Å²) in [6, 6.07) is 6.06. The number of hydrogen-bond acceptors (Lipinski definition) is 7. The Labute approximate surface area is 174 Å². The van der Waals surface area contributed by atoms with E-state index in [1.165, 1.54) is 12.1 Å². The van der Waals surface area contributed by atoms with Crippen LogP contribution in [0.5, 0.6) is 0 Å². The Morgan fingerprint density at radius 2 is 1.90 bits per heavy atom. The van der Waals surface area contributed by atoms with Crippen LogP contribution in [0.2, 0.25) is 0 Å². The van der Waals surface area contributed by atoms with Crippen LogP contribution in [0.3, 0.4) is 0 Å². The van der Waals surface area contributed by atoms with Gasteiger partial charge in [-0.15, -0.1) is 0 Å². The summed E-state index contributed by atoms with van der Waals surface area (Å²) in [7, 11) is 0. The van der Waals surface area contributed by atoms with E-state index in [-0.39, 0.29) is 36.0 Å². The number of benzene rings is 1. The molecule has 1 aliphatic heterocycles. The molecule has 30 heavy (non-hydrogen) atoms. The van der Waals surface area contributed by atoms with Crippen LogP contribution >= 0.6 is 0 Å². The van der Waals surface area contributed by atoms with Gasteiger partial charge in [-0.05, 0) is 19.9 Å². The SMILES string of the molecule is Cc1noc(C)c1CC(=O)N1CCN(CCC(=O)Nc2ccccc2[N+](=O)[O-])CC1. The van der Waals surface area contributed by atoms with Crippen LogP contribution in [0.4, 0.5) is 11.4 Å². The van der Waals surface area contributed by atoms with Crippen molar-refractivity contribution in [3.8, 4) is 0 Å². The molecular weight excluding hydrogens is 390 g/mol. The standard InChI is InChI=1S/C20H25N5O5/c1-14-16(15(2)30-22-14)13-20(27)24-11-9-23(10-12-24)8-7-19(26)21-17-5-3-4-6-18(17)25(28)29/h3-6H,7-13H2,1-2H3,(H,21,26). The fraction of sp³-hybridized carbons (Fsp3) is 0.450. The number of piperazine rings is 1. The van der Waals surface area contributed by atoms with E-state index in [9.17, 15) is 19.7 Å². The predicted molar refractivity (Wildman–Crippen MR) is 109 cm³/mol. The zero-order valence-electron chi connectivity index (χ0n) is 17.1. The van der Waals surface area contributed by atoms with Crippen molar-refractivity contribution in [1.82, 2.24) is 15.0 Å². The molecule has 1 aliphatic rings. The number of nitro benzene ring substituents is 1. The van der Waals surface area contributed by atoms with Crippen molar-refractivity contribution >= 4 is 23.2 Å². The first-order chi connectivity index (χ1) is 14.3. The fourth-order valence-corrected chi connectivity index (χ4v) is 3.45. The van der Waals surface area contributed by atoms with Gasteiger partial charge in [-0.1, -0.05) is 17.3 Å². The molecule has 0 spiro atoms. The molecule has 0 atom stereocenters. The number of nitro groups is 1. The highest BCUT2D eigenvalue weighted by atomic mass is 16.6. The van der Waals surface area contributed by atoms with E-state index < -0.39 is 4.92 Å². The number of para-hydroxylation sites is 2. The van der Waals surface area contributed by atoms with Gasteiger partial charge < -0.3 is 14.7 Å². The quantitative estimate of drug-likeness (QED) is 0.541. The molecule has 160 valence electrons. The van der Waals surface area contributed by atoms with Crippen molar-refractivity contribution in [3.63, 3.8) is 0 Å². The zero-order chi connectivity index (χ0) is 21.7. The third kappa shape index (κ3) is 5.20. The molecule has 1 fully saturated rings. The van der Waals surface area contributed by atoms with Crippen molar-refractivity contribution in [2.24, 2.45) is 0 Å². The molecule has 1 aromatic heterocycles. The van der Waals surface area contributed by atoms with E-state index in [1.54, 1.807) is 19.1 Å². The number of carbonyl (C=O) groups is 2. The summed E-state index contributed by atoms with van der Waals surface area (Å²) in [6.45, 7) is 6.68. The minimum Gasteiger partial charge on any atom is -0.361 e. The van der Waals surface area contributed by atoms with Crippen LogP contribution in [0.25, 0.3) is 0 Å². The first-order valence-electron chi connectivity index (χ1n) is 9.80. The molecule has 1 N–H and O–H groups in total. The summed E-state index contributed by atoms with van der Waals surface area (Å²) < 4.78 is 5.11. The molecule has 10 heteroatoms. The van der Waals surface area contributed by atoms with Gasteiger partial charge >= 0.3 is 0 Å². The van der Waals surface area contributed by atoms with Crippen LogP contribution in [0, 0.1) is 24.0 Å². The summed E-state index contributed by atoms with van der Waals surface area (Å²) in [5, 5.41) is 17.5. The van der Waals surface area contributed by atoms with Crippen molar-refractivity contribution in [2.45, 2.75) is 26.7 Å². The lowest BCUT2D eigenvalue weighted by Gasteiger charge is -2.34. The number of aromatic nitrogens is 1. The lowest BCUT2D eigenvalue weighted by Crippen LogP contribution is -2.49. The molecule has 3 rings (SSSR count). The molecule has 10 nitrogen and oxygen atoms in total. The first-order valence-corrected chi connectivity index (χ1v) is 9.80. The molecule has 2 amide bonds. The molecule has 2 heterocycles. The highest BCUT2D eigenvalue weighted by Crippen LogP contribution is 2.23. The smallest absolute Gasteiger partial charge is 0.292 e. The molecule has 1 aromatic carbocycles. The Hall–Kier alpha value is -3.27. The van der Waals surface area contributed by atoms with Gasteiger partial charge in [0.15, 0.2) is 0 Å². The third-order valence-corrected chi connectivity index (χ3v) is 5.26. The Kier molecular flexibility index (Phi) is 6.78. The van der Waals surface area contributed by atoms with Gasteiger partial charge in [0.05, 0.1) is 17.0 Å². The number of rotatable bonds is 7. The largest absolute Gasteiger partial charge is 0.361 e. The molecule has 0 saturated carbocycles. The van der Waals surface area contributed by atoms with E-state index in [0.29, 0.717) is 38.5 Å². The summed E-state index contributed by atoms with van der Waals surface area (Å²) >= 11 is 0. The molecule has 0 radical (unpaired) electrons. The molecule has 0 bridgehead atoms. The molecule has 0 aliphatic carbocycles. The van der Waals surface area contributed by atoms with Crippen LogP contribution < -0.4 is 5.32 Å². The average Bonchev–Trinajstić information content (AvgIpc) is 3.05. The Bertz CT molecular complexity index is 914. The van der Waals surface area contributed by atoms with E-state index in [4.69, 9.17) is 4.52 Å². The second kappa shape index (κ2) is 9.49. The van der Waals surface area contributed by atoms with Gasteiger partial charge in [0, 0.05) is 50.8 Å². The zero-order valence-corrected chi connectivity index (χ0v) is 17.1. The number of amides is 2. The second-order valence-corrected chi connectivity index (χ2v) is 7.27. The topological polar surface area (TPSA) is 122 Å². The van der Waals surface area contributed by atoms with Crippen LogP contribution in [0.1, 0.15) is 23.4 Å². The Morgan fingerprint density at radius 3 is 2.53 bits per heavy atom. The summed E-state index contributed by atoms with van der Waals surface area (Å²) in [5.74, 6) is 0.434. The number of nitrogens with zero attached hydrogens (tertiary/aromatic N) is 4. The van der Waals surface area contributed by atoms with E-state index in [1.807, 2.05) is 11.8 Å². The van der Waals surface area contributed by atoms with E-state index >= 15 is 0 Å². The maximum atomic E-state index is 12.6. The normalized spacial score (nSPS) is 14.5. The van der Waals surface area contributed by atoms with Crippen LogP contribution in [0.15, 0.2) is 28.8 Å². The maximum absolute atomic E-state index is 12.6. The highest BCUT2D eigenvalue weighted by molar-refractivity contribution is 5.93. The maximum Gasteiger partial charge on any atom is 0.292 e. The van der Waals surface area contributed by atoms with Gasteiger partial charge in [-0.3, -0.25) is 24.6 Å². The van der Waals surface area contributed by atoms with Gasteiger partial charge in [-0.2, -0.15) is 0 Å². The van der Waals surface area contributed by atoms with Gasteiger partial charge in [0.25, 0.3) is 5.69 Å². The third-order valence-electron chi connectivity index (χ3n) is 5.26. The van der Waals surface area contributed by atoms with E-state index in [2.05, 4.69) is 15.4 Å². The van der Waals surface area contributed by atoms with Crippen molar-refractivity contribution < 1.29 is 19.0 Å². The Morgan fingerprint density at radius 1 is 1.20 bits per heavy atom. The highest BCUT2D eigenvalue weighted by Gasteiger charge is 2.24. The monoisotopic (exact) mass is 415 g/mol. The average molecular weight is 415 g/mol. The molecule has 1 saturated heterocycles. The van der Waals surface area contributed by atoms with Crippen LogP contribution in [-0.4, -0.2) is 64.4 Å². The lowest BCUT2D eigenvalue weighted by molar-refractivity contribution is -0.383. The number of nitrogens with one attached hydrogen (secondary N) is 1. The number of hydrogen-bond donors (Lipinski definition) is 1. The number of anilines is 1. The van der Waals surface area contributed by atoms with Crippen LogP contribution in [-0.2, 0) is 16.0 Å². The van der Waals surface area contributed by atoms with E-state index in [0.717, 1.165) is 11.3 Å². The second-order valence-electron chi connectivity index (χ2n) is 7.27. The number of aryl methyl sites for hydroxylation is 2. The van der Waals surface area contributed by atoms with Gasteiger partial charge in [-0.25, -0.2) is 0 Å². The van der Waals surface area contributed by atoms with Gasteiger partial charge in [0.2, 0.25) is 11.8 Å². The predicted octanol–water partition coefficient (Wildman–Crippen LogP) is 1.92. The number of carbonyl (C=O) groups excluding carboxylic acids is 2. The first kappa shape index (κ1) is 21.4. The summed E-state index contributed by atoms with van der Waals surface area (Å²) in [5.41, 5.74) is 1.65. The lowest BCUT2D eigenvalue weighted by atomic mass is 10.1. The molecular formula is C20H25N5O5. The molecule has 2 aromatic rings. The van der Waals surface area contributed by atoms with Crippen molar-refractivity contribution in [3.05, 3.63) is 51.4 Å². The minimum atomic E-state index is -0.519. The minimum absolute atomic E-state index is 0.0400. The van der Waals surface area contributed by atoms with Crippen molar-refractivity contribution in [2.75, 3.05) is 38.0 Å². The molecule has 0 unspecified atom stereocenters. The summed E-state index contributed by atoms with van der Waals surface area (Å²) in [4.78, 5) is 39.2.